The maximum Gasteiger partial charge on any atom is 0.240 e. The molecule has 0 atom stereocenters. The van der Waals surface area contributed by atoms with Crippen molar-refractivity contribution in [3.05, 3.63) is 24.3 Å². The molecule has 0 N–H and O–H groups in total. The second-order valence-electron chi connectivity index (χ2n) is 1.92. The van der Waals surface area contributed by atoms with Crippen LogP contribution in [0.4, 0.5) is 5.69 Å². The first-order chi connectivity index (χ1) is 5.88. The Morgan fingerprint density at radius 3 is 2.92 bits per heavy atom. The summed E-state index contributed by atoms with van der Waals surface area (Å²) in [6, 6.07) is 6.87. The third kappa shape index (κ3) is 2.09. The van der Waals surface area contributed by atoms with Gasteiger partial charge in [-0.3, -0.25) is 0 Å². The van der Waals surface area contributed by atoms with E-state index in [0.29, 0.717) is 11.4 Å². The number of aliphatic imine (C=N–C) groups is 1. The molecular formula is C8H6ClNO2. The minimum Gasteiger partial charge on any atom is -0.476 e. The van der Waals surface area contributed by atoms with E-state index >= 15 is 0 Å². The van der Waals surface area contributed by atoms with Crippen LogP contribution in [-0.2, 0) is 4.79 Å². The summed E-state index contributed by atoms with van der Waals surface area (Å²) in [5.74, 6) is 0.482. The van der Waals surface area contributed by atoms with E-state index in [4.69, 9.17) is 16.3 Å². The van der Waals surface area contributed by atoms with Crippen molar-refractivity contribution in [3.63, 3.8) is 0 Å². The Kier molecular flexibility index (Phi) is 3.33. The molecule has 0 fully saturated rings. The highest BCUT2D eigenvalue weighted by Crippen LogP contribution is 2.26. The normalized spacial score (nSPS) is 8.75. The maximum absolute atomic E-state index is 9.95. The van der Waals surface area contributed by atoms with Crippen molar-refractivity contribution >= 4 is 23.4 Å². The Bertz CT molecular complexity index is 308. The van der Waals surface area contributed by atoms with Crippen molar-refractivity contribution in [2.24, 2.45) is 4.99 Å². The number of halogens is 1. The van der Waals surface area contributed by atoms with Crippen LogP contribution in [0.25, 0.3) is 0 Å². The van der Waals surface area contributed by atoms with Crippen LogP contribution < -0.4 is 4.74 Å². The van der Waals surface area contributed by atoms with Crippen molar-refractivity contribution < 1.29 is 9.53 Å². The number of para-hydroxylation sites is 2. The smallest absolute Gasteiger partial charge is 0.240 e. The molecule has 12 heavy (non-hydrogen) atoms. The zero-order chi connectivity index (χ0) is 8.81. The van der Waals surface area contributed by atoms with Crippen LogP contribution in [0.5, 0.6) is 5.75 Å². The van der Waals surface area contributed by atoms with E-state index in [0.717, 1.165) is 0 Å². The summed E-state index contributed by atoms with van der Waals surface area (Å²) in [5.41, 5.74) is 0.438. The second kappa shape index (κ2) is 4.54. The fourth-order valence-corrected chi connectivity index (χ4v) is 0.897. The number of nitrogens with zero attached hydrogens (tertiary/aromatic N) is 1. The average molecular weight is 184 g/mol. The van der Waals surface area contributed by atoms with Crippen LogP contribution in [0.15, 0.2) is 29.3 Å². The van der Waals surface area contributed by atoms with E-state index in [9.17, 15) is 4.79 Å². The Labute approximate surface area is 74.6 Å². The lowest BCUT2D eigenvalue weighted by molar-refractivity contribution is 0.389. The van der Waals surface area contributed by atoms with Gasteiger partial charge in [-0.2, -0.15) is 4.99 Å². The molecule has 0 unspecified atom stereocenters. The summed E-state index contributed by atoms with van der Waals surface area (Å²) in [4.78, 5) is 13.4. The molecule has 0 aliphatic carbocycles. The monoisotopic (exact) mass is 183 g/mol. The first-order valence-corrected chi connectivity index (χ1v) is 3.77. The van der Waals surface area contributed by atoms with E-state index in [1.807, 2.05) is 0 Å². The van der Waals surface area contributed by atoms with Crippen LogP contribution in [-0.4, -0.2) is 12.1 Å². The topological polar surface area (TPSA) is 38.7 Å². The predicted molar refractivity (Wildman–Crippen MR) is 45.6 cm³/mol. The second-order valence-corrected chi connectivity index (χ2v) is 2.14. The highest BCUT2D eigenvalue weighted by molar-refractivity contribution is 6.17. The van der Waals surface area contributed by atoms with Gasteiger partial charge in [-0.1, -0.05) is 23.7 Å². The molecule has 62 valence electrons. The predicted octanol–water partition coefficient (Wildman–Crippen LogP) is 2.23. The van der Waals surface area contributed by atoms with Gasteiger partial charge >= 0.3 is 0 Å². The lowest BCUT2D eigenvalue weighted by Crippen LogP contribution is -1.88. The third-order valence-corrected chi connectivity index (χ3v) is 1.35. The van der Waals surface area contributed by atoms with Crippen LogP contribution >= 0.6 is 11.6 Å². The van der Waals surface area contributed by atoms with Crippen molar-refractivity contribution in [1.82, 2.24) is 0 Å². The number of alkyl halides is 1. The van der Waals surface area contributed by atoms with E-state index < -0.39 is 0 Å². The molecule has 0 saturated carbocycles. The molecule has 0 spiro atoms. The van der Waals surface area contributed by atoms with Gasteiger partial charge in [-0.05, 0) is 12.1 Å². The molecule has 0 amide bonds. The zero-order valence-corrected chi connectivity index (χ0v) is 6.91. The molecular weight excluding hydrogens is 178 g/mol. The van der Waals surface area contributed by atoms with E-state index in [1.165, 1.54) is 6.08 Å². The Balaban J connectivity index is 2.99. The summed E-state index contributed by atoms with van der Waals surface area (Å²) < 4.78 is 4.98. The van der Waals surface area contributed by atoms with Gasteiger partial charge in [-0.15, -0.1) is 0 Å². The third-order valence-electron chi connectivity index (χ3n) is 1.24. The van der Waals surface area contributed by atoms with Crippen molar-refractivity contribution in [3.8, 4) is 5.75 Å². The standard InChI is InChI=1S/C8H6ClNO2/c9-5-12-8-4-2-1-3-7(8)10-6-11/h1-4H,5H2. The molecule has 0 radical (unpaired) electrons. The molecule has 1 aromatic rings. The van der Waals surface area contributed by atoms with Crippen LogP contribution in [0, 0.1) is 0 Å². The van der Waals surface area contributed by atoms with E-state index in [-0.39, 0.29) is 6.07 Å². The summed E-state index contributed by atoms with van der Waals surface area (Å²) >= 11 is 5.35. The zero-order valence-electron chi connectivity index (χ0n) is 6.16. The minimum atomic E-state index is 0.0331. The summed E-state index contributed by atoms with van der Waals surface area (Å²) in [6.07, 6.45) is 1.43. The van der Waals surface area contributed by atoms with Gasteiger partial charge in [0.2, 0.25) is 6.08 Å². The van der Waals surface area contributed by atoms with E-state index in [2.05, 4.69) is 4.99 Å². The fourth-order valence-electron chi connectivity index (χ4n) is 0.780. The molecule has 1 rings (SSSR count). The highest BCUT2D eigenvalue weighted by Gasteiger charge is 1.98. The van der Waals surface area contributed by atoms with Crippen molar-refractivity contribution in [1.29, 1.82) is 0 Å². The van der Waals surface area contributed by atoms with Crippen molar-refractivity contribution in [2.75, 3.05) is 6.07 Å². The fraction of sp³-hybridized carbons (Fsp3) is 0.125. The van der Waals surface area contributed by atoms with Gasteiger partial charge in [-0.25, -0.2) is 4.79 Å². The summed E-state index contributed by atoms with van der Waals surface area (Å²) in [5, 5.41) is 0. The molecule has 4 heteroatoms. The first kappa shape index (κ1) is 8.78. The molecule has 0 aliphatic heterocycles. The molecule has 1 aromatic carbocycles. The van der Waals surface area contributed by atoms with Gasteiger partial charge in [0.25, 0.3) is 0 Å². The molecule has 3 nitrogen and oxygen atoms in total. The lowest BCUT2D eigenvalue weighted by Gasteiger charge is -2.02. The number of hydrogen-bond acceptors (Lipinski definition) is 3. The molecule has 0 aromatic heterocycles. The van der Waals surface area contributed by atoms with Crippen LogP contribution in [0.1, 0.15) is 0 Å². The van der Waals surface area contributed by atoms with Gasteiger partial charge < -0.3 is 4.74 Å². The number of carbonyl (C=O) groups excluding carboxylic acids is 1. The van der Waals surface area contributed by atoms with Crippen molar-refractivity contribution in [2.45, 2.75) is 0 Å². The Hall–Kier alpha value is -1.31. The Morgan fingerprint density at radius 1 is 1.50 bits per heavy atom. The van der Waals surface area contributed by atoms with Gasteiger partial charge in [0, 0.05) is 0 Å². The van der Waals surface area contributed by atoms with Crippen LogP contribution in [0.3, 0.4) is 0 Å². The number of benzene rings is 1. The molecule has 0 bridgehead atoms. The van der Waals surface area contributed by atoms with Gasteiger partial charge in [0.1, 0.15) is 11.4 Å². The molecule has 0 heterocycles. The largest absolute Gasteiger partial charge is 0.476 e. The summed E-state index contributed by atoms with van der Waals surface area (Å²) in [7, 11) is 0. The van der Waals surface area contributed by atoms with E-state index in [1.54, 1.807) is 24.3 Å². The Morgan fingerprint density at radius 2 is 2.25 bits per heavy atom. The number of rotatable bonds is 3. The minimum absolute atomic E-state index is 0.0331. The maximum atomic E-state index is 9.95. The molecule has 0 aliphatic rings. The van der Waals surface area contributed by atoms with Crippen LogP contribution in [0.2, 0.25) is 0 Å². The molecule has 0 saturated heterocycles. The number of ether oxygens (including phenoxy) is 1. The number of isocyanates is 1. The highest BCUT2D eigenvalue weighted by atomic mass is 35.5. The van der Waals surface area contributed by atoms with Gasteiger partial charge in [0.05, 0.1) is 0 Å². The number of hydrogen-bond donors (Lipinski definition) is 0. The lowest BCUT2D eigenvalue weighted by atomic mass is 10.3. The van der Waals surface area contributed by atoms with Gasteiger partial charge in [0.15, 0.2) is 6.07 Å². The summed E-state index contributed by atoms with van der Waals surface area (Å²) in [6.45, 7) is 0. The average Bonchev–Trinajstić information content (AvgIpc) is 2.09. The first-order valence-electron chi connectivity index (χ1n) is 3.24. The quantitative estimate of drug-likeness (QED) is 0.410. The SMILES string of the molecule is O=C=Nc1ccccc1OCCl.